The van der Waals surface area contributed by atoms with Gasteiger partial charge in [-0.2, -0.15) is 18.2 Å². The molecule has 0 bridgehead atoms. The Morgan fingerprint density at radius 3 is 2.73 bits per heavy atom. The summed E-state index contributed by atoms with van der Waals surface area (Å²) in [6.07, 6.45) is -4.09. The molecule has 1 aliphatic heterocycles. The highest BCUT2D eigenvalue weighted by atomic mass is 19.4. The molecule has 0 saturated carbocycles. The van der Waals surface area contributed by atoms with Crippen LogP contribution in [0.1, 0.15) is 12.3 Å². The summed E-state index contributed by atoms with van der Waals surface area (Å²) < 4.78 is 60.7. The Kier molecular flexibility index (Phi) is 3.73. The van der Waals surface area contributed by atoms with E-state index < -0.39 is 17.9 Å². The number of aromatic nitrogens is 2. The van der Waals surface area contributed by atoms with Crippen LogP contribution in [0.25, 0.3) is 11.4 Å². The van der Waals surface area contributed by atoms with Gasteiger partial charge in [-0.05, 0) is 31.2 Å². The van der Waals surface area contributed by atoms with Crippen LogP contribution < -0.4 is 10.1 Å². The topological polar surface area (TPSA) is 60.2 Å². The average molecular weight is 317 g/mol. The van der Waals surface area contributed by atoms with Crippen molar-refractivity contribution in [2.45, 2.75) is 18.7 Å². The minimum Gasteiger partial charge on any atom is -0.486 e. The molecule has 1 aliphatic rings. The molecule has 9 heteroatoms. The van der Waals surface area contributed by atoms with E-state index in [9.17, 15) is 17.6 Å². The van der Waals surface area contributed by atoms with Crippen molar-refractivity contribution in [3.63, 3.8) is 0 Å². The molecule has 1 atom stereocenters. The molecule has 1 aromatic heterocycles. The van der Waals surface area contributed by atoms with E-state index in [0.29, 0.717) is 6.54 Å². The molecular formula is C13H11F4N3O2. The van der Waals surface area contributed by atoms with Crippen molar-refractivity contribution >= 4 is 0 Å². The van der Waals surface area contributed by atoms with Crippen molar-refractivity contribution < 1.29 is 26.8 Å². The number of alkyl halides is 3. The van der Waals surface area contributed by atoms with Crippen LogP contribution in [0.4, 0.5) is 17.6 Å². The van der Waals surface area contributed by atoms with Gasteiger partial charge in [-0.1, -0.05) is 5.16 Å². The summed E-state index contributed by atoms with van der Waals surface area (Å²) in [5, 5.41) is 6.28. The normalized spacial score (nSPS) is 18.6. The van der Waals surface area contributed by atoms with Crippen molar-refractivity contribution in [3.8, 4) is 17.1 Å². The molecule has 1 aromatic carbocycles. The summed E-state index contributed by atoms with van der Waals surface area (Å²) in [6, 6.07) is 3.74. The molecule has 1 saturated heterocycles. The van der Waals surface area contributed by atoms with E-state index in [1.54, 1.807) is 0 Å². The van der Waals surface area contributed by atoms with Crippen molar-refractivity contribution in [3.05, 3.63) is 29.9 Å². The van der Waals surface area contributed by atoms with Gasteiger partial charge in [0.2, 0.25) is 5.82 Å². The Morgan fingerprint density at radius 2 is 2.14 bits per heavy atom. The van der Waals surface area contributed by atoms with E-state index in [-0.39, 0.29) is 23.2 Å². The summed E-state index contributed by atoms with van der Waals surface area (Å²) in [5.41, 5.74) is 0.0775. The molecule has 0 aliphatic carbocycles. The number of hydrogen-bond acceptors (Lipinski definition) is 5. The number of ether oxygens (including phenoxy) is 1. The van der Waals surface area contributed by atoms with E-state index in [2.05, 4.69) is 20.0 Å². The summed E-state index contributed by atoms with van der Waals surface area (Å²) in [5.74, 6) is -2.46. The van der Waals surface area contributed by atoms with Crippen LogP contribution >= 0.6 is 0 Å². The number of nitrogens with zero attached hydrogens (tertiary/aromatic N) is 2. The fourth-order valence-corrected chi connectivity index (χ4v) is 2.10. The van der Waals surface area contributed by atoms with Crippen molar-refractivity contribution in [2.24, 2.45) is 0 Å². The van der Waals surface area contributed by atoms with Crippen LogP contribution in [-0.4, -0.2) is 29.3 Å². The minimum absolute atomic E-state index is 0.0389. The van der Waals surface area contributed by atoms with Gasteiger partial charge in [0.15, 0.2) is 11.6 Å². The van der Waals surface area contributed by atoms with Crippen LogP contribution in [0.5, 0.6) is 5.75 Å². The Bertz CT molecular complexity index is 666. The molecule has 1 fully saturated rings. The van der Waals surface area contributed by atoms with E-state index in [1.807, 2.05) is 0 Å². The highest BCUT2D eigenvalue weighted by molar-refractivity contribution is 5.56. The first-order valence-electron chi connectivity index (χ1n) is 6.51. The van der Waals surface area contributed by atoms with Gasteiger partial charge in [-0.15, -0.1) is 0 Å². The van der Waals surface area contributed by atoms with Crippen LogP contribution in [0.3, 0.4) is 0 Å². The van der Waals surface area contributed by atoms with Crippen LogP contribution in [0.15, 0.2) is 22.7 Å². The maximum atomic E-state index is 14.0. The monoisotopic (exact) mass is 317 g/mol. The van der Waals surface area contributed by atoms with Crippen molar-refractivity contribution in [1.29, 1.82) is 0 Å². The van der Waals surface area contributed by atoms with E-state index >= 15 is 0 Å². The number of nitrogens with one attached hydrogen (secondary N) is 1. The molecule has 5 nitrogen and oxygen atoms in total. The molecule has 1 N–H and O–H groups in total. The molecule has 22 heavy (non-hydrogen) atoms. The second-order valence-electron chi connectivity index (χ2n) is 4.80. The van der Waals surface area contributed by atoms with Gasteiger partial charge in [0.1, 0.15) is 6.10 Å². The molecular weight excluding hydrogens is 306 g/mol. The summed E-state index contributed by atoms with van der Waals surface area (Å²) >= 11 is 0. The number of benzene rings is 1. The minimum atomic E-state index is -4.73. The van der Waals surface area contributed by atoms with Gasteiger partial charge < -0.3 is 14.6 Å². The first kappa shape index (κ1) is 14.8. The van der Waals surface area contributed by atoms with Crippen LogP contribution in [0, 0.1) is 5.82 Å². The van der Waals surface area contributed by atoms with Gasteiger partial charge in [-0.25, -0.2) is 4.39 Å². The molecule has 1 unspecified atom stereocenters. The maximum Gasteiger partial charge on any atom is 0.471 e. The third-order valence-electron chi connectivity index (χ3n) is 3.17. The third kappa shape index (κ3) is 3.03. The largest absolute Gasteiger partial charge is 0.486 e. The van der Waals surface area contributed by atoms with Gasteiger partial charge in [-0.3, -0.25) is 0 Å². The molecule has 0 radical (unpaired) electrons. The molecule has 2 heterocycles. The molecule has 2 aromatic rings. The lowest BCUT2D eigenvalue weighted by atomic mass is 10.2. The third-order valence-corrected chi connectivity index (χ3v) is 3.17. The lowest BCUT2D eigenvalue weighted by Gasteiger charge is -2.13. The fraction of sp³-hybridized carbons (Fsp3) is 0.385. The fourth-order valence-electron chi connectivity index (χ4n) is 2.10. The molecule has 3 rings (SSSR count). The zero-order valence-electron chi connectivity index (χ0n) is 11.2. The van der Waals surface area contributed by atoms with Gasteiger partial charge >= 0.3 is 12.1 Å². The van der Waals surface area contributed by atoms with Crippen molar-refractivity contribution in [2.75, 3.05) is 13.1 Å². The number of rotatable bonds is 3. The highest BCUT2D eigenvalue weighted by Crippen LogP contribution is 2.30. The van der Waals surface area contributed by atoms with Crippen LogP contribution in [0.2, 0.25) is 0 Å². The van der Waals surface area contributed by atoms with E-state index in [0.717, 1.165) is 19.0 Å². The van der Waals surface area contributed by atoms with Gasteiger partial charge in [0.25, 0.3) is 0 Å². The zero-order chi connectivity index (χ0) is 15.7. The first-order chi connectivity index (χ1) is 10.4. The number of halogens is 4. The predicted molar refractivity (Wildman–Crippen MR) is 66.6 cm³/mol. The van der Waals surface area contributed by atoms with Crippen LogP contribution in [-0.2, 0) is 6.18 Å². The second kappa shape index (κ2) is 5.56. The van der Waals surface area contributed by atoms with E-state index in [1.165, 1.54) is 12.1 Å². The SMILES string of the molecule is Fc1cc(-c2noc(C(F)(F)F)n2)ccc1OC1CCNC1. The molecule has 0 spiro atoms. The quantitative estimate of drug-likeness (QED) is 0.882. The van der Waals surface area contributed by atoms with Crippen molar-refractivity contribution in [1.82, 2.24) is 15.5 Å². The first-order valence-corrected chi connectivity index (χ1v) is 6.51. The summed E-state index contributed by atoms with van der Waals surface area (Å²) in [7, 11) is 0. The Morgan fingerprint density at radius 1 is 1.32 bits per heavy atom. The number of hydrogen-bond donors (Lipinski definition) is 1. The van der Waals surface area contributed by atoms with Gasteiger partial charge in [0.05, 0.1) is 0 Å². The smallest absolute Gasteiger partial charge is 0.471 e. The predicted octanol–water partition coefficient (Wildman–Crippen LogP) is 2.64. The lowest BCUT2D eigenvalue weighted by molar-refractivity contribution is -0.159. The lowest BCUT2D eigenvalue weighted by Crippen LogP contribution is -2.20. The Balaban J connectivity index is 1.80. The highest BCUT2D eigenvalue weighted by Gasteiger charge is 2.38. The Labute approximate surface area is 122 Å². The molecule has 118 valence electrons. The second-order valence-corrected chi connectivity index (χ2v) is 4.80. The standard InChI is InChI=1S/C13H11F4N3O2/c14-9-5-7(11-19-12(22-20-11)13(15,16)17)1-2-10(9)21-8-3-4-18-6-8/h1-2,5,8,18H,3-4,6H2. The Hall–Kier alpha value is -2.16. The average Bonchev–Trinajstić information content (AvgIpc) is 3.11. The van der Waals surface area contributed by atoms with E-state index in [4.69, 9.17) is 4.74 Å². The van der Waals surface area contributed by atoms with Gasteiger partial charge in [0, 0.05) is 12.1 Å². The summed E-state index contributed by atoms with van der Waals surface area (Å²) in [6.45, 7) is 1.43. The zero-order valence-corrected chi connectivity index (χ0v) is 11.2. The summed E-state index contributed by atoms with van der Waals surface area (Å²) in [4.78, 5) is 3.21. The maximum absolute atomic E-state index is 14.0. The molecule has 0 amide bonds.